The first-order valence-electron chi connectivity index (χ1n) is 5.56. The van der Waals surface area contributed by atoms with E-state index in [1.165, 1.54) is 0 Å². The highest BCUT2D eigenvalue weighted by Crippen LogP contribution is 2.06. The number of urea groups is 1. The third-order valence-electron chi connectivity index (χ3n) is 2.51. The molecular weight excluding hydrogens is 234 g/mol. The van der Waals surface area contributed by atoms with Gasteiger partial charge in [-0.2, -0.15) is 0 Å². The van der Waals surface area contributed by atoms with Gasteiger partial charge < -0.3 is 19.6 Å². The van der Waals surface area contributed by atoms with Gasteiger partial charge in [-0.15, -0.1) is 10.2 Å². The van der Waals surface area contributed by atoms with Gasteiger partial charge in [-0.1, -0.05) is 0 Å². The van der Waals surface area contributed by atoms with Crippen molar-refractivity contribution in [2.45, 2.75) is 19.5 Å². The molecule has 0 saturated heterocycles. The summed E-state index contributed by atoms with van der Waals surface area (Å²) in [5.41, 5.74) is 0.913. The zero-order chi connectivity index (χ0) is 13.0. The first kappa shape index (κ1) is 12.2. The first-order chi connectivity index (χ1) is 8.66. The molecule has 0 aromatic carbocycles. The lowest BCUT2D eigenvalue weighted by Crippen LogP contribution is -2.37. The van der Waals surface area contributed by atoms with E-state index in [0.717, 1.165) is 5.56 Å². The maximum atomic E-state index is 11.6. The molecular formula is C11H15N5O2. The summed E-state index contributed by atoms with van der Waals surface area (Å²) < 4.78 is 6.67. The number of rotatable bonds is 4. The van der Waals surface area contributed by atoms with E-state index in [-0.39, 0.29) is 12.1 Å². The molecule has 2 rings (SSSR count). The molecule has 0 radical (unpaired) electrons. The minimum atomic E-state index is -0.258. The largest absolute Gasteiger partial charge is 0.472 e. The molecule has 0 bridgehead atoms. The van der Waals surface area contributed by atoms with E-state index in [4.69, 9.17) is 4.42 Å². The fourth-order valence-electron chi connectivity index (χ4n) is 1.57. The topological polar surface area (TPSA) is 85.0 Å². The van der Waals surface area contributed by atoms with E-state index < -0.39 is 0 Å². The first-order valence-corrected chi connectivity index (χ1v) is 5.56. The van der Waals surface area contributed by atoms with Crippen LogP contribution in [0.4, 0.5) is 4.79 Å². The van der Waals surface area contributed by atoms with Crippen LogP contribution in [0.3, 0.4) is 0 Å². The average Bonchev–Trinajstić information content (AvgIpc) is 2.97. The number of aryl methyl sites for hydroxylation is 1. The molecule has 0 fully saturated rings. The molecule has 0 aliphatic carbocycles. The minimum absolute atomic E-state index is 0.207. The summed E-state index contributed by atoms with van der Waals surface area (Å²) in [5.74, 6) is 0.702. The number of nitrogens with zero attached hydrogens (tertiary/aromatic N) is 3. The number of carbonyl (C=O) groups excluding carboxylic acids is 1. The van der Waals surface area contributed by atoms with Crippen LogP contribution < -0.4 is 10.6 Å². The van der Waals surface area contributed by atoms with E-state index in [0.29, 0.717) is 12.4 Å². The third-order valence-corrected chi connectivity index (χ3v) is 2.51. The number of amides is 2. The lowest BCUT2D eigenvalue weighted by molar-refractivity contribution is 0.237. The molecule has 0 spiro atoms. The van der Waals surface area contributed by atoms with Gasteiger partial charge in [-0.3, -0.25) is 0 Å². The molecule has 2 heterocycles. The molecule has 1 atom stereocenters. The summed E-state index contributed by atoms with van der Waals surface area (Å²) >= 11 is 0. The van der Waals surface area contributed by atoms with Gasteiger partial charge in [-0.05, 0) is 13.0 Å². The number of hydrogen-bond donors (Lipinski definition) is 2. The smallest absolute Gasteiger partial charge is 0.315 e. The maximum absolute atomic E-state index is 11.6. The van der Waals surface area contributed by atoms with Gasteiger partial charge in [0.2, 0.25) is 0 Å². The summed E-state index contributed by atoms with van der Waals surface area (Å²) in [5, 5.41) is 13.2. The van der Waals surface area contributed by atoms with E-state index in [1.54, 1.807) is 29.5 Å². The Kier molecular flexibility index (Phi) is 3.61. The van der Waals surface area contributed by atoms with Crippen molar-refractivity contribution >= 4 is 6.03 Å². The van der Waals surface area contributed by atoms with Crippen molar-refractivity contribution in [3.05, 3.63) is 36.3 Å². The Hall–Kier alpha value is -2.31. The molecule has 2 aromatic rings. The van der Waals surface area contributed by atoms with E-state index in [1.807, 2.05) is 14.0 Å². The lowest BCUT2D eigenvalue weighted by atomic mass is 10.3. The molecule has 96 valence electrons. The Balaban J connectivity index is 1.82. The van der Waals surface area contributed by atoms with Crippen LogP contribution >= 0.6 is 0 Å². The molecule has 2 aromatic heterocycles. The second kappa shape index (κ2) is 5.35. The quantitative estimate of drug-likeness (QED) is 0.845. The fraction of sp³-hybridized carbons (Fsp3) is 0.364. The summed E-state index contributed by atoms with van der Waals surface area (Å²) in [7, 11) is 1.83. The van der Waals surface area contributed by atoms with Crippen molar-refractivity contribution in [1.29, 1.82) is 0 Å². The highest BCUT2D eigenvalue weighted by Gasteiger charge is 2.13. The van der Waals surface area contributed by atoms with Gasteiger partial charge in [0.15, 0.2) is 5.82 Å². The number of hydrogen-bond acceptors (Lipinski definition) is 4. The van der Waals surface area contributed by atoms with Crippen LogP contribution in [0.2, 0.25) is 0 Å². The maximum Gasteiger partial charge on any atom is 0.315 e. The van der Waals surface area contributed by atoms with Crippen LogP contribution in [-0.2, 0) is 13.6 Å². The molecule has 2 N–H and O–H groups in total. The Morgan fingerprint density at radius 1 is 1.61 bits per heavy atom. The van der Waals surface area contributed by atoms with Gasteiger partial charge in [0, 0.05) is 19.2 Å². The van der Waals surface area contributed by atoms with Crippen molar-refractivity contribution in [2.24, 2.45) is 7.05 Å². The van der Waals surface area contributed by atoms with Crippen molar-refractivity contribution in [2.75, 3.05) is 0 Å². The zero-order valence-corrected chi connectivity index (χ0v) is 10.3. The van der Waals surface area contributed by atoms with E-state index in [2.05, 4.69) is 20.8 Å². The molecule has 0 unspecified atom stereocenters. The van der Waals surface area contributed by atoms with Gasteiger partial charge in [0.25, 0.3) is 0 Å². The van der Waals surface area contributed by atoms with Crippen LogP contribution in [0.1, 0.15) is 24.4 Å². The molecule has 0 aliphatic rings. The normalized spacial score (nSPS) is 12.1. The molecule has 0 saturated carbocycles. The lowest BCUT2D eigenvalue weighted by Gasteiger charge is -2.13. The fourth-order valence-corrected chi connectivity index (χ4v) is 1.57. The zero-order valence-electron chi connectivity index (χ0n) is 10.3. The molecule has 7 nitrogen and oxygen atoms in total. The van der Waals surface area contributed by atoms with Crippen molar-refractivity contribution in [1.82, 2.24) is 25.4 Å². The Morgan fingerprint density at radius 3 is 3.06 bits per heavy atom. The second-order valence-electron chi connectivity index (χ2n) is 3.98. The molecule has 2 amide bonds. The van der Waals surface area contributed by atoms with Crippen LogP contribution in [0.5, 0.6) is 0 Å². The van der Waals surface area contributed by atoms with Crippen LogP contribution in [0.25, 0.3) is 0 Å². The van der Waals surface area contributed by atoms with Crippen molar-refractivity contribution < 1.29 is 9.21 Å². The SMILES string of the molecule is C[C@H](NC(=O)NCc1ccoc1)c1nncn1C. The van der Waals surface area contributed by atoms with Crippen LogP contribution in [-0.4, -0.2) is 20.8 Å². The van der Waals surface area contributed by atoms with Gasteiger partial charge in [-0.25, -0.2) is 4.79 Å². The number of nitrogens with one attached hydrogen (secondary N) is 2. The van der Waals surface area contributed by atoms with Gasteiger partial charge in [0.05, 0.1) is 18.6 Å². The predicted molar refractivity (Wildman–Crippen MR) is 63.5 cm³/mol. The highest BCUT2D eigenvalue weighted by molar-refractivity contribution is 5.74. The molecule has 7 heteroatoms. The summed E-state index contributed by atoms with van der Waals surface area (Å²) in [6, 6.07) is 1.33. The number of furan rings is 1. The Labute approximate surface area is 104 Å². The van der Waals surface area contributed by atoms with Crippen LogP contribution in [0.15, 0.2) is 29.3 Å². The Morgan fingerprint density at radius 2 is 2.44 bits per heavy atom. The number of carbonyl (C=O) groups is 1. The Bertz CT molecular complexity index is 505. The van der Waals surface area contributed by atoms with Crippen molar-refractivity contribution in [3.63, 3.8) is 0 Å². The monoisotopic (exact) mass is 249 g/mol. The van der Waals surface area contributed by atoms with Gasteiger partial charge in [0.1, 0.15) is 6.33 Å². The predicted octanol–water partition coefficient (Wildman–Crippen LogP) is 0.969. The van der Waals surface area contributed by atoms with E-state index in [9.17, 15) is 4.79 Å². The van der Waals surface area contributed by atoms with Crippen molar-refractivity contribution in [3.8, 4) is 0 Å². The molecule has 18 heavy (non-hydrogen) atoms. The van der Waals surface area contributed by atoms with Gasteiger partial charge >= 0.3 is 6.03 Å². The molecule has 0 aliphatic heterocycles. The standard InChI is InChI=1S/C11H15N5O2/c1-8(10-15-13-7-16(10)2)14-11(17)12-5-9-3-4-18-6-9/h3-4,6-8H,5H2,1-2H3,(H2,12,14,17)/t8-/m0/s1. The third kappa shape index (κ3) is 2.88. The summed E-state index contributed by atoms with van der Waals surface area (Å²) in [4.78, 5) is 11.6. The summed E-state index contributed by atoms with van der Waals surface area (Å²) in [6.07, 6.45) is 4.75. The average molecular weight is 249 g/mol. The number of aromatic nitrogens is 3. The second-order valence-corrected chi connectivity index (χ2v) is 3.98. The highest BCUT2D eigenvalue weighted by atomic mass is 16.3. The minimum Gasteiger partial charge on any atom is -0.472 e. The summed E-state index contributed by atoms with van der Waals surface area (Å²) in [6.45, 7) is 2.27. The van der Waals surface area contributed by atoms with Crippen LogP contribution in [0, 0.1) is 0 Å². The van der Waals surface area contributed by atoms with E-state index >= 15 is 0 Å².